The van der Waals surface area contributed by atoms with Crippen molar-refractivity contribution < 1.29 is 4.79 Å². The van der Waals surface area contributed by atoms with E-state index in [2.05, 4.69) is 18.2 Å². The first kappa shape index (κ1) is 13.5. The van der Waals surface area contributed by atoms with Gasteiger partial charge in [-0.3, -0.25) is 4.79 Å². The lowest BCUT2D eigenvalue weighted by atomic mass is 10.1. The molecule has 1 amide bonds. The minimum Gasteiger partial charge on any atom is -0.303 e. The van der Waals surface area contributed by atoms with E-state index in [0.717, 1.165) is 17.7 Å². The number of allylic oxidation sites excluding steroid dienone is 2. The Morgan fingerprint density at radius 1 is 1.20 bits per heavy atom. The van der Waals surface area contributed by atoms with Crippen molar-refractivity contribution in [2.24, 2.45) is 0 Å². The third-order valence-electron chi connectivity index (χ3n) is 3.92. The van der Waals surface area contributed by atoms with Gasteiger partial charge in [0.05, 0.1) is 11.4 Å². The molecule has 0 aromatic heterocycles. The van der Waals surface area contributed by atoms with Crippen molar-refractivity contribution >= 4 is 17.7 Å². The lowest BCUT2D eigenvalue weighted by Gasteiger charge is -2.19. The van der Waals surface area contributed by atoms with Crippen molar-refractivity contribution in [1.82, 2.24) is 4.90 Å². The standard InChI is InChI=1S/C17H19NOS/c1-20-16-14-10-6-3-7-11-15(14)18(17(16)19)12-13-8-4-2-5-9-13/h2,4-5,8-9,11H,3,6-7,10,12H2,1H3. The zero-order chi connectivity index (χ0) is 13.9. The van der Waals surface area contributed by atoms with Crippen LogP contribution in [0.25, 0.3) is 0 Å². The van der Waals surface area contributed by atoms with Crippen LogP contribution in [0.5, 0.6) is 0 Å². The normalized spacial score (nSPS) is 18.9. The quantitative estimate of drug-likeness (QED) is 0.833. The number of thioether (sulfide) groups is 1. The van der Waals surface area contributed by atoms with Crippen molar-refractivity contribution in [3.8, 4) is 0 Å². The molecule has 0 saturated carbocycles. The third-order valence-corrected chi connectivity index (χ3v) is 4.75. The van der Waals surface area contributed by atoms with Gasteiger partial charge in [-0.1, -0.05) is 36.4 Å². The maximum absolute atomic E-state index is 12.6. The molecule has 3 rings (SSSR count). The van der Waals surface area contributed by atoms with E-state index in [1.54, 1.807) is 11.8 Å². The Kier molecular flexibility index (Phi) is 3.97. The Labute approximate surface area is 124 Å². The molecule has 2 aliphatic rings. The largest absolute Gasteiger partial charge is 0.303 e. The topological polar surface area (TPSA) is 20.3 Å². The van der Waals surface area contributed by atoms with Crippen LogP contribution in [-0.2, 0) is 11.3 Å². The highest BCUT2D eigenvalue weighted by atomic mass is 32.2. The number of nitrogens with zero attached hydrogens (tertiary/aromatic N) is 1. The summed E-state index contributed by atoms with van der Waals surface area (Å²) in [6.45, 7) is 0.680. The summed E-state index contributed by atoms with van der Waals surface area (Å²) in [7, 11) is 0. The maximum Gasteiger partial charge on any atom is 0.265 e. The molecule has 104 valence electrons. The number of fused-ring (bicyclic) bond motifs is 1. The average molecular weight is 285 g/mol. The summed E-state index contributed by atoms with van der Waals surface area (Å²) in [5.41, 5.74) is 3.63. The highest BCUT2D eigenvalue weighted by molar-refractivity contribution is 8.03. The van der Waals surface area contributed by atoms with Gasteiger partial charge in [-0.2, -0.15) is 0 Å². The van der Waals surface area contributed by atoms with Crippen molar-refractivity contribution in [3.05, 3.63) is 58.1 Å². The molecule has 20 heavy (non-hydrogen) atoms. The zero-order valence-electron chi connectivity index (χ0n) is 11.8. The van der Waals surface area contributed by atoms with Crippen LogP contribution in [0.1, 0.15) is 31.2 Å². The molecule has 0 fully saturated rings. The van der Waals surface area contributed by atoms with Gasteiger partial charge in [0, 0.05) is 5.70 Å². The number of hydrogen-bond donors (Lipinski definition) is 0. The van der Waals surface area contributed by atoms with Crippen molar-refractivity contribution in [1.29, 1.82) is 0 Å². The Bertz CT molecular complexity index is 574. The van der Waals surface area contributed by atoms with Crippen LogP contribution in [0.3, 0.4) is 0 Å². The fourth-order valence-electron chi connectivity index (χ4n) is 2.93. The molecule has 0 N–H and O–H groups in total. The first-order valence-corrected chi connectivity index (χ1v) is 8.37. The van der Waals surface area contributed by atoms with Gasteiger partial charge in [-0.25, -0.2) is 0 Å². The minimum absolute atomic E-state index is 0.185. The van der Waals surface area contributed by atoms with Gasteiger partial charge in [-0.05, 0) is 43.1 Å². The van der Waals surface area contributed by atoms with E-state index in [4.69, 9.17) is 0 Å². The fraction of sp³-hybridized carbons (Fsp3) is 0.353. The first-order chi connectivity index (χ1) is 9.81. The fourth-order valence-corrected chi connectivity index (χ4v) is 3.67. The Balaban J connectivity index is 1.92. The SMILES string of the molecule is CSC1=C2CCCCC=C2N(Cc2ccccc2)C1=O. The third kappa shape index (κ3) is 2.42. The van der Waals surface area contributed by atoms with Gasteiger partial charge in [0.2, 0.25) is 0 Å². The number of carbonyl (C=O) groups excluding carboxylic acids is 1. The molecule has 0 atom stereocenters. The molecule has 1 aromatic carbocycles. The minimum atomic E-state index is 0.185. The number of benzene rings is 1. The van der Waals surface area contributed by atoms with Crippen LogP contribution < -0.4 is 0 Å². The zero-order valence-corrected chi connectivity index (χ0v) is 12.6. The molecule has 0 bridgehead atoms. The number of hydrogen-bond acceptors (Lipinski definition) is 2. The number of carbonyl (C=O) groups is 1. The van der Waals surface area contributed by atoms with Crippen LogP contribution in [0.15, 0.2) is 52.6 Å². The van der Waals surface area contributed by atoms with E-state index in [1.807, 2.05) is 29.4 Å². The summed E-state index contributed by atoms with van der Waals surface area (Å²) < 4.78 is 0. The predicted octanol–water partition coefficient (Wildman–Crippen LogP) is 4.10. The lowest BCUT2D eigenvalue weighted by Crippen LogP contribution is -2.25. The summed E-state index contributed by atoms with van der Waals surface area (Å²) in [6.07, 6.45) is 8.80. The van der Waals surface area contributed by atoms with Gasteiger partial charge in [0.1, 0.15) is 0 Å². The van der Waals surface area contributed by atoms with Crippen LogP contribution in [-0.4, -0.2) is 17.1 Å². The molecule has 1 heterocycles. The summed E-state index contributed by atoms with van der Waals surface area (Å²) in [5.74, 6) is 0.185. The monoisotopic (exact) mass is 285 g/mol. The van der Waals surface area contributed by atoms with E-state index >= 15 is 0 Å². The molecular formula is C17H19NOS. The van der Waals surface area contributed by atoms with Gasteiger partial charge < -0.3 is 4.90 Å². The molecule has 0 unspecified atom stereocenters. The van der Waals surface area contributed by atoms with E-state index in [-0.39, 0.29) is 5.91 Å². The molecule has 1 aliphatic carbocycles. The van der Waals surface area contributed by atoms with Gasteiger partial charge >= 0.3 is 0 Å². The lowest BCUT2D eigenvalue weighted by molar-refractivity contribution is -0.124. The summed E-state index contributed by atoms with van der Waals surface area (Å²) >= 11 is 1.60. The molecule has 1 aromatic rings. The smallest absolute Gasteiger partial charge is 0.265 e. The van der Waals surface area contributed by atoms with E-state index in [0.29, 0.717) is 6.54 Å². The summed E-state index contributed by atoms with van der Waals surface area (Å²) in [5, 5.41) is 0. The highest BCUT2D eigenvalue weighted by Crippen LogP contribution is 2.40. The maximum atomic E-state index is 12.6. The van der Waals surface area contributed by atoms with Crippen molar-refractivity contribution in [3.63, 3.8) is 0 Å². The van der Waals surface area contributed by atoms with E-state index in [9.17, 15) is 4.79 Å². The van der Waals surface area contributed by atoms with Crippen LogP contribution in [0, 0.1) is 0 Å². The Hall–Kier alpha value is -1.48. The summed E-state index contributed by atoms with van der Waals surface area (Å²) in [4.78, 5) is 15.5. The number of rotatable bonds is 3. The predicted molar refractivity (Wildman–Crippen MR) is 84.1 cm³/mol. The average Bonchev–Trinajstić information content (AvgIpc) is 2.64. The molecule has 0 saturated heterocycles. The van der Waals surface area contributed by atoms with Crippen LogP contribution in [0.2, 0.25) is 0 Å². The second-order valence-electron chi connectivity index (χ2n) is 5.22. The van der Waals surface area contributed by atoms with Crippen LogP contribution >= 0.6 is 11.8 Å². The van der Waals surface area contributed by atoms with Gasteiger partial charge in [0.15, 0.2) is 0 Å². The molecular weight excluding hydrogens is 266 g/mol. The summed E-state index contributed by atoms with van der Waals surface area (Å²) in [6, 6.07) is 10.2. The Morgan fingerprint density at radius 2 is 2.00 bits per heavy atom. The number of amides is 1. The molecule has 0 radical (unpaired) electrons. The van der Waals surface area contributed by atoms with Crippen molar-refractivity contribution in [2.75, 3.05) is 6.26 Å². The van der Waals surface area contributed by atoms with Crippen LogP contribution in [0.4, 0.5) is 0 Å². The highest BCUT2D eigenvalue weighted by Gasteiger charge is 2.34. The molecule has 1 aliphatic heterocycles. The van der Waals surface area contributed by atoms with Gasteiger partial charge in [0.25, 0.3) is 5.91 Å². The molecule has 0 spiro atoms. The molecule has 3 heteroatoms. The molecule has 2 nitrogen and oxygen atoms in total. The second kappa shape index (κ2) is 5.88. The van der Waals surface area contributed by atoms with E-state index < -0.39 is 0 Å². The van der Waals surface area contributed by atoms with E-state index in [1.165, 1.54) is 29.7 Å². The van der Waals surface area contributed by atoms with Crippen molar-refractivity contribution in [2.45, 2.75) is 32.2 Å². The van der Waals surface area contributed by atoms with Gasteiger partial charge in [-0.15, -0.1) is 11.8 Å². The Morgan fingerprint density at radius 3 is 2.75 bits per heavy atom. The first-order valence-electron chi connectivity index (χ1n) is 7.14. The second-order valence-corrected chi connectivity index (χ2v) is 6.04.